The summed E-state index contributed by atoms with van der Waals surface area (Å²) in [6.07, 6.45) is -11.9. The summed E-state index contributed by atoms with van der Waals surface area (Å²) < 4.78 is 142. The van der Waals surface area contributed by atoms with Gasteiger partial charge in [0, 0.05) is 30.4 Å². The molecule has 2 aromatic rings. The van der Waals surface area contributed by atoms with Crippen LogP contribution in [0.25, 0.3) is 0 Å². The zero-order valence-corrected chi connectivity index (χ0v) is 23.9. The number of amides is 2. The summed E-state index contributed by atoms with van der Waals surface area (Å²) in [4.78, 5) is 27.0. The third kappa shape index (κ3) is 4.80. The number of hydrogen-bond acceptors (Lipinski definition) is 5. The third-order valence-corrected chi connectivity index (χ3v) is 11.2. The van der Waals surface area contributed by atoms with Crippen molar-refractivity contribution in [1.29, 1.82) is 0 Å². The maximum absolute atomic E-state index is 14.9. The molecule has 3 unspecified atom stereocenters. The first-order valence-electron chi connectivity index (χ1n) is 13.4. The first-order chi connectivity index (χ1) is 20.8. The molecule has 0 saturated carbocycles. The number of alkyl halides is 7. The molecule has 2 amide bonds. The van der Waals surface area contributed by atoms with Gasteiger partial charge in [-0.1, -0.05) is 12.1 Å². The molecule has 0 radical (unpaired) electrons. The number of ether oxygens (including phenoxy) is 1. The van der Waals surface area contributed by atoms with Crippen LogP contribution in [0.3, 0.4) is 0 Å². The molecule has 5 rings (SSSR count). The van der Waals surface area contributed by atoms with Crippen molar-refractivity contribution >= 4 is 21.8 Å². The Kier molecular flexibility index (Phi) is 7.65. The number of sulfone groups is 1. The van der Waals surface area contributed by atoms with Gasteiger partial charge in [0.15, 0.2) is 9.84 Å². The number of nitrogens with zero attached hydrogens (tertiary/aromatic N) is 2. The Labute approximate surface area is 250 Å². The van der Waals surface area contributed by atoms with Gasteiger partial charge in [0.2, 0.25) is 0 Å². The molecule has 0 aromatic heterocycles. The Bertz CT molecular complexity index is 1660. The molecule has 0 spiro atoms. The van der Waals surface area contributed by atoms with E-state index in [-0.39, 0.29) is 31.6 Å². The topological polar surface area (TPSA) is 104 Å². The molecule has 2 aromatic carbocycles. The standard InChI is InChI=1S/C28H24F8N2O6S/c1-15-13-37(10-8-19(15)23(39)40)24(41)38-11-9-25(45(42,43)18-5-3-17(29)4-6-18)20-7-2-16(12-21(20)44-14-22(25)38)26(30,27(31,32)33)28(34,35)36/h2-7,12-13,19,22H,8-11,14H2,1H3,(H,39,40). The average Bonchev–Trinajstić information content (AvgIpc) is 3.36. The maximum atomic E-state index is 14.9. The highest BCUT2D eigenvalue weighted by Gasteiger charge is 2.74. The van der Waals surface area contributed by atoms with E-state index in [0.717, 1.165) is 29.2 Å². The highest BCUT2D eigenvalue weighted by molar-refractivity contribution is 7.92. The van der Waals surface area contributed by atoms with E-state index < -0.39 is 97.2 Å². The Balaban J connectivity index is 1.65. The van der Waals surface area contributed by atoms with Crippen molar-refractivity contribution in [2.24, 2.45) is 5.92 Å². The fraction of sp³-hybridized carbons (Fsp3) is 0.429. The Morgan fingerprint density at radius 1 is 0.978 bits per heavy atom. The van der Waals surface area contributed by atoms with Gasteiger partial charge in [-0.25, -0.2) is 22.0 Å². The molecule has 244 valence electrons. The number of likely N-dealkylation sites (tertiary alicyclic amines) is 1. The molecule has 1 N–H and O–H groups in total. The van der Waals surface area contributed by atoms with Gasteiger partial charge in [-0.3, -0.25) is 4.79 Å². The Hall–Kier alpha value is -3.89. The van der Waals surface area contributed by atoms with E-state index in [2.05, 4.69) is 0 Å². The number of carbonyl (C=O) groups excluding carboxylic acids is 1. The number of urea groups is 1. The molecule has 0 bridgehead atoms. The minimum absolute atomic E-state index is 0.0481. The zero-order valence-electron chi connectivity index (χ0n) is 23.1. The van der Waals surface area contributed by atoms with Crippen molar-refractivity contribution in [2.75, 3.05) is 19.7 Å². The van der Waals surface area contributed by atoms with Gasteiger partial charge in [0.1, 0.15) is 22.9 Å². The predicted octanol–water partition coefficient (Wildman–Crippen LogP) is 5.68. The van der Waals surface area contributed by atoms with E-state index in [1.54, 1.807) is 0 Å². The second-order valence-corrected chi connectivity index (χ2v) is 13.2. The molecule has 3 aliphatic heterocycles. The van der Waals surface area contributed by atoms with Gasteiger partial charge < -0.3 is 19.6 Å². The summed E-state index contributed by atoms with van der Waals surface area (Å²) in [5.74, 6) is -3.53. The third-order valence-electron chi connectivity index (χ3n) is 8.61. The Morgan fingerprint density at radius 2 is 1.60 bits per heavy atom. The van der Waals surface area contributed by atoms with Crippen LogP contribution in [0.1, 0.15) is 30.9 Å². The number of rotatable bonds is 4. The van der Waals surface area contributed by atoms with Crippen LogP contribution in [-0.2, 0) is 25.0 Å². The number of halogens is 8. The van der Waals surface area contributed by atoms with Crippen molar-refractivity contribution in [3.8, 4) is 5.75 Å². The van der Waals surface area contributed by atoms with E-state index in [0.29, 0.717) is 11.6 Å². The van der Waals surface area contributed by atoms with E-state index >= 15 is 0 Å². The van der Waals surface area contributed by atoms with E-state index in [9.17, 15) is 58.2 Å². The SMILES string of the molecule is CC1=CN(C(=O)N2CCC3(S(=O)(=O)c4ccc(F)cc4)c4ccc(C(F)(C(F)(F)F)C(F)(F)F)cc4OCC23)CCC1C(=O)O. The second kappa shape index (κ2) is 10.6. The average molecular weight is 669 g/mol. The number of hydrogen-bond donors (Lipinski definition) is 1. The maximum Gasteiger partial charge on any atom is 0.435 e. The molecule has 0 aliphatic carbocycles. The van der Waals surface area contributed by atoms with Gasteiger partial charge in [-0.2, -0.15) is 26.3 Å². The smallest absolute Gasteiger partial charge is 0.435 e. The fourth-order valence-electron chi connectivity index (χ4n) is 6.30. The highest BCUT2D eigenvalue weighted by atomic mass is 32.2. The van der Waals surface area contributed by atoms with Gasteiger partial charge >= 0.3 is 30.0 Å². The van der Waals surface area contributed by atoms with Crippen molar-refractivity contribution in [3.63, 3.8) is 0 Å². The van der Waals surface area contributed by atoms with Crippen LogP contribution in [-0.4, -0.2) is 73.4 Å². The number of carboxylic acid groups (broad SMARTS) is 1. The zero-order chi connectivity index (χ0) is 33.3. The monoisotopic (exact) mass is 668 g/mol. The minimum atomic E-state index is -6.44. The summed E-state index contributed by atoms with van der Waals surface area (Å²) >= 11 is 0. The second-order valence-electron chi connectivity index (χ2n) is 11.0. The summed E-state index contributed by atoms with van der Waals surface area (Å²) in [5, 5.41) is 9.39. The lowest BCUT2D eigenvalue weighted by molar-refractivity contribution is -0.348. The first-order valence-corrected chi connectivity index (χ1v) is 14.8. The summed E-state index contributed by atoms with van der Waals surface area (Å²) in [7, 11) is -4.71. The van der Waals surface area contributed by atoms with Crippen molar-refractivity contribution in [1.82, 2.24) is 9.80 Å². The van der Waals surface area contributed by atoms with Crippen molar-refractivity contribution < 1.29 is 63.0 Å². The normalized spacial score (nSPS) is 24.0. The number of carboxylic acids is 1. The molecule has 17 heteroatoms. The summed E-state index contributed by atoms with van der Waals surface area (Å²) in [5.41, 5.74) is -7.78. The molecule has 3 aliphatic rings. The molecule has 45 heavy (non-hydrogen) atoms. The quantitative estimate of drug-likeness (QED) is 0.332. The van der Waals surface area contributed by atoms with Crippen molar-refractivity contribution in [2.45, 2.75) is 53.5 Å². The van der Waals surface area contributed by atoms with Crippen LogP contribution in [0.2, 0.25) is 0 Å². The summed E-state index contributed by atoms with van der Waals surface area (Å²) in [6.45, 7) is 0.435. The molecule has 1 saturated heterocycles. The highest BCUT2D eigenvalue weighted by Crippen LogP contribution is 2.57. The molecular weight excluding hydrogens is 644 g/mol. The molecule has 1 fully saturated rings. The summed E-state index contributed by atoms with van der Waals surface area (Å²) in [6, 6.07) is 2.32. The van der Waals surface area contributed by atoms with Gasteiger partial charge in [-0.05, 0) is 55.7 Å². The number of fused-ring (bicyclic) bond motifs is 3. The van der Waals surface area contributed by atoms with E-state index in [1.807, 2.05) is 0 Å². The lowest BCUT2D eigenvalue weighted by Crippen LogP contribution is -2.57. The van der Waals surface area contributed by atoms with E-state index in [4.69, 9.17) is 4.74 Å². The molecule has 8 nitrogen and oxygen atoms in total. The molecular formula is C28H24F8N2O6S. The lowest BCUT2D eigenvalue weighted by Gasteiger charge is -2.43. The predicted molar refractivity (Wildman–Crippen MR) is 139 cm³/mol. The fourth-order valence-corrected chi connectivity index (χ4v) is 8.59. The van der Waals surface area contributed by atoms with Crippen LogP contribution < -0.4 is 4.74 Å². The number of benzene rings is 2. The Morgan fingerprint density at radius 3 is 2.16 bits per heavy atom. The molecule has 3 heterocycles. The van der Waals surface area contributed by atoms with Crippen molar-refractivity contribution in [3.05, 3.63) is 71.2 Å². The largest absolute Gasteiger partial charge is 0.491 e. The minimum Gasteiger partial charge on any atom is -0.491 e. The van der Waals surface area contributed by atoms with Crippen LogP contribution in [0.15, 0.2) is 59.1 Å². The first kappa shape index (κ1) is 32.5. The van der Waals surface area contributed by atoms with Crippen LogP contribution in [0.5, 0.6) is 5.75 Å². The van der Waals surface area contributed by atoms with Crippen LogP contribution >= 0.6 is 0 Å². The van der Waals surface area contributed by atoms with E-state index in [1.165, 1.54) is 18.0 Å². The van der Waals surface area contributed by atoms with Crippen LogP contribution in [0, 0.1) is 11.7 Å². The number of aliphatic carboxylic acids is 1. The molecule has 3 atom stereocenters. The van der Waals surface area contributed by atoms with Gasteiger partial charge in [-0.15, -0.1) is 0 Å². The van der Waals surface area contributed by atoms with Crippen LogP contribution in [0.4, 0.5) is 39.9 Å². The lowest BCUT2D eigenvalue weighted by atomic mass is 9.85. The van der Waals surface area contributed by atoms with Gasteiger partial charge in [0.25, 0.3) is 0 Å². The number of carbonyl (C=O) groups is 2. The van der Waals surface area contributed by atoms with Gasteiger partial charge in [0.05, 0.1) is 16.9 Å².